The first-order valence-corrected chi connectivity index (χ1v) is 4.29. The van der Waals surface area contributed by atoms with Crippen LogP contribution in [0, 0.1) is 6.92 Å². The summed E-state index contributed by atoms with van der Waals surface area (Å²) in [6, 6.07) is 4.92. The fourth-order valence-electron chi connectivity index (χ4n) is 1.02. The Labute approximate surface area is 82.3 Å². The van der Waals surface area contributed by atoms with Gasteiger partial charge in [-0.15, -0.1) is 0 Å². The average Bonchev–Trinajstić information content (AvgIpc) is 2.18. The minimum Gasteiger partial charge on any atom is -0.460 e. The lowest BCUT2D eigenvalue weighted by atomic mass is 10.1. The molecule has 0 atom stereocenters. The number of carbonyl (C=O) groups is 1. The summed E-state index contributed by atoms with van der Waals surface area (Å²) in [7, 11) is 0. The second-order valence-electron chi connectivity index (χ2n) is 2.93. The molecule has 4 heteroatoms. The van der Waals surface area contributed by atoms with Gasteiger partial charge < -0.3 is 15.6 Å². The number of carbonyl (C=O) groups excluding carboxylic acids is 1. The predicted octanol–water partition coefficient (Wildman–Crippen LogP) is 0.726. The molecule has 0 bridgehead atoms. The highest BCUT2D eigenvalue weighted by molar-refractivity contribution is 5.90. The molecule has 14 heavy (non-hydrogen) atoms. The Morgan fingerprint density at radius 2 is 2.29 bits per heavy atom. The number of hydrogen-bond acceptors (Lipinski definition) is 4. The third-order valence-corrected chi connectivity index (χ3v) is 1.83. The first kappa shape index (κ1) is 10.5. The maximum atomic E-state index is 11.3. The van der Waals surface area contributed by atoms with Gasteiger partial charge in [0.25, 0.3) is 0 Å². The number of aryl methyl sites for hydroxylation is 1. The van der Waals surface area contributed by atoms with E-state index in [0.717, 1.165) is 5.56 Å². The molecule has 3 N–H and O–H groups in total. The zero-order valence-electron chi connectivity index (χ0n) is 7.99. The van der Waals surface area contributed by atoms with Crippen LogP contribution in [-0.4, -0.2) is 24.3 Å². The van der Waals surface area contributed by atoms with Crippen molar-refractivity contribution in [1.82, 2.24) is 0 Å². The van der Waals surface area contributed by atoms with Gasteiger partial charge in [-0.2, -0.15) is 0 Å². The standard InChI is InChI=1S/C10H13NO3/c1-7-6-8(2-3-9(7)11)10(13)14-5-4-12/h2-3,6,12H,4-5,11H2,1H3. The van der Waals surface area contributed by atoms with Gasteiger partial charge in [-0.1, -0.05) is 0 Å². The molecular formula is C10H13NO3. The second-order valence-corrected chi connectivity index (χ2v) is 2.93. The number of anilines is 1. The first-order chi connectivity index (χ1) is 6.65. The maximum absolute atomic E-state index is 11.3. The van der Waals surface area contributed by atoms with Crippen molar-refractivity contribution >= 4 is 11.7 Å². The monoisotopic (exact) mass is 195 g/mol. The van der Waals surface area contributed by atoms with Gasteiger partial charge in [-0.25, -0.2) is 4.79 Å². The van der Waals surface area contributed by atoms with Gasteiger partial charge in [-0.05, 0) is 30.7 Å². The number of aliphatic hydroxyl groups is 1. The molecule has 0 aromatic heterocycles. The van der Waals surface area contributed by atoms with Crippen molar-refractivity contribution in [3.63, 3.8) is 0 Å². The molecule has 0 unspecified atom stereocenters. The number of rotatable bonds is 3. The van der Waals surface area contributed by atoms with E-state index in [1.165, 1.54) is 0 Å². The lowest BCUT2D eigenvalue weighted by Crippen LogP contribution is -2.09. The van der Waals surface area contributed by atoms with Crippen LogP contribution in [0.25, 0.3) is 0 Å². The normalized spacial score (nSPS) is 9.86. The molecule has 0 fully saturated rings. The van der Waals surface area contributed by atoms with Crippen molar-refractivity contribution in [3.05, 3.63) is 29.3 Å². The summed E-state index contributed by atoms with van der Waals surface area (Å²) in [4.78, 5) is 11.3. The number of nitrogens with two attached hydrogens (primary N) is 1. The molecule has 0 amide bonds. The lowest BCUT2D eigenvalue weighted by molar-refractivity contribution is 0.0433. The fourth-order valence-corrected chi connectivity index (χ4v) is 1.02. The molecule has 0 saturated carbocycles. The molecule has 0 radical (unpaired) electrons. The molecule has 1 rings (SSSR count). The second kappa shape index (κ2) is 4.62. The number of nitrogen functional groups attached to an aromatic ring is 1. The molecule has 1 aromatic rings. The highest BCUT2D eigenvalue weighted by Crippen LogP contribution is 2.13. The van der Waals surface area contributed by atoms with Crippen molar-refractivity contribution in [2.24, 2.45) is 0 Å². The van der Waals surface area contributed by atoms with E-state index in [1.54, 1.807) is 18.2 Å². The van der Waals surface area contributed by atoms with Gasteiger partial charge in [0.2, 0.25) is 0 Å². The third kappa shape index (κ3) is 2.47. The quantitative estimate of drug-likeness (QED) is 0.550. The largest absolute Gasteiger partial charge is 0.460 e. The van der Waals surface area contributed by atoms with Crippen LogP contribution in [0.4, 0.5) is 5.69 Å². The van der Waals surface area contributed by atoms with Crippen LogP contribution < -0.4 is 5.73 Å². The summed E-state index contributed by atoms with van der Waals surface area (Å²) in [5.41, 5.74) is 7.52. The predicted molar refractivity (Wildman–Crippen MR) is 53.0 cm³/mol. The Balaban J connectivity index is 2.76. The van der Waals surface area contributed by atoms with Crippen LogP contribution in [0.5, 0.6) is 0 Å². The molecule has 0 heterocycles. The van der Waals surface area contributed by atoms with E-state index in [2.05, 4.69) is 0 Å². The number of ether oxygens (including phenoxy) is 1. The Kier molecular flexibility index (Phi) is 3.48. The summed E-state index contributed by atoms with van der Waals surface area (Å²) in [5, 5.41) is 8.46. The van der Waals surface area contributed by atoms with Crippen molar-refractivity contribution < 1.29 is 14.6 Å². The smallest absolute Gasteiger partial charge is 0.338 e. The number of benzene rings is 1. The summed E-state index contributed by atoms with van der Waals surface area (Å²) >= 11 is 0. The molecular weight excluding hydrogens is 182 g/mol. The van der Waals surface area contributed by atoms with E-state index in [4.69, 9.17) is 15.6 Å². The minimum atomic E-state index is -0.442. The van der Waals surface area contributed by atoms with E-state index in [-0.39, 0.29) is 13.2 Å². The molecule has 0 spiro atoms. The third-order valence-electron chi connectivity index (χ3n) is 1.83. The molecule has 0 saturated heterocycles. The van der Waals surface area contributed by atoms with Gasteiger partial charge in [0.1, 0.15) is 6.61 Å². The van der Waals surface area contributed by atoms with Crippen molar-refractivity contribution in [2.45, 2.75) is 6.92 Å². The SMILES string of the molecule is Cc1cc(C(=O)OCCO)ccc1N. The van der Waals surface area contributed by atoms with E-state index < -0.39 is 5.97 Å². The molecule has 0 aliphatic carbocycles. The summed E-state index contributed by atoms with van der Waals surface area (Å²) in [6.07, 6.45) is 0. The molecule has 4 nitrogen and oxygen atoms in total. The van der Waals surface area contributed by atoms with E-state index in [1.807, 2.05) is 6.92 Å². The first-order valence-electron chi connectivity index (χ1n) is 4.29. The van der Waals surface area contributed by atoms with E-state index >= 15 is 0 Å². The topological polar surface area (TPSA) is 72.5 Å². The van der Waals surface area contributed by atoms with Gasteiger partial charge in [0.05, 0.1) is 12.2 Å². The minimum absolute atomic E-state index is 0.0161. The Bertz CT molecular complexity index is 336. The highest BCUT2D eigenvalue weighted by Gasteiger charge is 2.07. The highest BCUT2D eigenvalue weighted by atomic mass is 16.5. The van der Waals surface area contributed by atoms with Crippen LogP contribution in [0.2, 0.25) is 0 Å². The number of aliphatic hydroxyl groups excluding tert-OH is 1. The Hall–Kier alpha value is -1.55. The van der Waals surface area contributed by atoms with Crippen LogP contribution in [0.1, 0.15) is 15.9 Å². The average molecular weight is 195 g/mol. The molecule has 0 aliphatic heterocycles. The Morgan fingerprint density at radius 3 is 2.86 bits per heavy atom. The zero-order valence-corrected chi connectivity index (χ0v) is 7.99. The van der Waals surface area contributed by atoms with E-state index in [0.29, 0.717) is 11.3 Å². The summed E-state index contributed by atoms with van der Waals surface area (Å²) in [5.74, 6) is -0.442. The lowest BCUT2D eigenvalue weighted by Gasteiger charge is -2.04. The summed E-state index contributed by atoms with van der Waals surface area (Å²) < 4.78 is 4.74. The van der Waals surface area contributed by atoms with E-state index in [9.17, 15) is 4.79 Å². The van der Waals surface area contributed by atoms with Gasteiger partial charge in [-0.3, -0.25) is 0 Å². The van der Waals surface area contributed by atoms with Crippen LogP contribution in [0.15, 0.2) is 18.2 Å². The van der Waals surface area contributed by atoms with Crippen molar-refractivity contribution in [2.75, 3.05) is 18.9 Å². The van der Waals surface area contributed by atoms with Gasteiger partial charge >= 0.3 is 5.97 Å². The van der Waals surface area contributed by atoms with Crippen LogP contribution >= 0.6 is 0 Å². The van der Waals surface area contributed by atoms with Crippen LogP contribution in [0.3, 0.4) is 0 Å². The van der Waals surface area contributed by atoms with Gasteiger partial charge in [0.15, 0.2) is 0 Å². The summed E-state index contributed by atoms with van der Waals surface area (Å²) in [6.45, 7) is 1.67. The molecule has 0 aliphatic rings. The zero-order chi connectivity index (χ0) is 10.6. The van der Waals surface area contributed by atoms with Gasteiger partial charge in [0, 0.05) is 5.69 Å². The Morgan fingerprint density at radius 1 is 1.57 bits per heavy atom. The molecule has 76 valence electrons. The fraction of sp³-hybridized carbons (Fsp3) is 0.300. The number of hydrogen-bond donors (Lipinski definition) is 2. The van der Waals surface area contributed by atoms with Crippen molar-refractivity contribution in [3.8, 4) is 0 Å². The van der Waals surface area contributed by atoms with Crippen molar-refractivity contribution in [1.29, 1.82) is 0 Å². The molecule has 1 aromatic carbocycles. The van der Waals surface area contributed by atoms with Crippen LogP contribution in [-0.2, 0) is 4.74 Å². The number of esters is 1. The maximum Gasteiger partial charge on any atom is 0.338 e.